The summed E-state index contributed by atoms with van der Waals surface area (Å²) in [6.07, 6.45) is 2.49. The van der Waals surface area contributed by atoms with Gasteiger partial charge in [-0.3, -0.25) is 4.79 Å². The highest BCUT2D eigenvalue weighted by molar-refractivity contribution is 5.95. The minimum atomic E-state index is -0.733. The van der Waals surface area contributed by atoms with Crippen LogP contribution in [-0.4, -0.2) is 18.5 Å². The number of anilines is 1. The lowest BCUT2D eigenvalue weighted by Gasteiger charge is -2.06. The summed E-state index contributed by atoms with van der Waals surface area (Å²) in [7, 11) is 0. The van der Waals surface area contributed by atoms with Gasteiger partial charge in [0.05, 0.1) is 11.3 Å². The van der Waals surface area contributed by atoms with Crippen LogP contribution < -0.4 is 5.32 Å². The van der Waals surface area contributed by atoms with Gasteiger partial charge in [0.15, 0.2) is 6.61 Å². The number of carbonyl (C=O) groups is 2. The molecule has 0 unspecified atom stereocenters. The number of esters is 1. The molecule has 0 aliphatic rings. The molecule has 0 spiro atoms. The average molecular weight is 324 g/mol. The number of nitrogens with one attached hydrogen (secondary N) is 1. The molecule has 0 bridgehead atoms. The highest BCUT2D eigenvalue weighted by Gasteiger charge is 2.08. The number of para-hydroxylation sites is 1. The van der Waals surface area contributed by atoms with Crippen molar-refractivity contribution in [1.82, 2.24) is 0 Å². The lowest BCUT2D eigenvalue weighted by atomic mass is 10.2. The average Bonchev–Trinajstić information content (AvgIpc) is 2.58. The van der Waals surface area contributed by atoms with Crippen LogP contribution in [0.5, 0.6) is 0 Å². The van der Waals surface area contributed by atoms with Crippen LogP contribution in [0.4, 0.5) is 10.1 Å². The summed E-state index contributed by atoms with van der Waals surface area (Å²) >= 11 is 0. The van der Waals surface area contributed by atoms with Crippen molar-refractivity contribution in [1.29, 1.82) is 5.26 Å². The molecule has 0 atom stereocenters. The maximum absolute atomic E-state index is 13.0. The highest BCUT2D eigenvalue weighted by Crippen LogP contribution is 2.13. The highest BCUT2D eigenvalue weighted by atomic mass is 19.1. The van der Waals surface area contributed by atoms with E-state index in [4.69, 9.17) is 10.00 Å². The Bertz CT molecular complexity index is 825. The molecule has 2 rings (SSSR count). The van der Waals surface area contributed by atoms with Crippen LogP contribution in [0.3, 0.4) is 0 Å². The number of halogens is 1. The van der Waals surface area contributed by atoms with Gasteiger partial charge in [-0.2, -0.15) is 5.26 Å². The normalized spacial score (nSPS) is 10.2. The molecule has 0 saturated carbocycles. The molecule has 1 amide bonds. The standard InChI is InChI=1S/C18H13FN2O3/c19-15-6-3-4-13(10-15)8-9-18(23)24-12-17(22)21-16-7-2-1-5-14(16)11-20/h1-10H,12H2,(H,21,22). The number of amides is 1. The Morgan fingerprint density at radius 2 is 2.00 bits per heavy atom. The van der Waals surface area contributed by atoms with Gasteiger partial charge in [-0.05, 0) is 35.9 Å². The van der Waals surface area contributed by atoms with Crippen LogP contribution in [0.1, 0.15) is 11.1 Å². The molecule has 120 valence electrons. The van der Waals surface area contributed by atoms with E-state index in [9.17, 15) is 14.0 Å². The lowest BCUT2D eigenvalue weighted by Crippen LogP contribution is -2.20. The quantitative estimate of drug-likeness (QED) is 0.677. The molecule has 0 radical (unpaired) electrons. The molecule has 5 nitrogen and oxygen atoms in total. The lowest BCUT2D eigenvalue weighted by molar-refractivity contribution is -0.142. The summed E-state index contributed by atoms with van der Waals surface area (Å²) in [5, 5.41) is 11.4. The van der Waals surface area contributed by atoms with Gasteiger partial charge >= 0.3 is 5.97 Å². The van der Waals surface area contributed by atoms with Crippen LogP contribution in [0, 0.1) is 17.1 Å². The van der Waals surface area contributed by atoms with Crippen molar-refractivity contribution >= 4 is 23.6 Å². The zero-order valence-electron chi connectivity index (χ0n) is 12.5. The van der Waals surface area contributed by atoms with E-state index in [0.717, 1.165) is 6.08 Å². The number of nitriles is 1. The van der Waals surface area contributed by atoms with Gasteiger partial charge < -0.3 is 10.1 Å². The molecular formula is C18H13FN2O3. The molecule has 0 aliphatic carbocycles. The zero-order chi connectivity index (χ0) is 17.4. The number of ether oxygens (including phenoxy) is 1. The minimum Gasteiger partial charge on any atom is -0.452 e. The molecule has 0 saturated heterocycles. The van der Waals surface area contributed by atoms with Crippen molar-refractivity contribution in [3.8, 4) is 6.07 Å². The van der Waals surface area contributed by atoms with Gasteiger partial charge in [0.25, 0.3) is 5.91 Å². The number of nitrogens with zero attached hydrogens (tertiary/aromatic N) is 1. The molecule has 2 aromatic rings. The van der Waals surface area contributed by atoms with Crippen LogP contribution >= 0.6 is 0 Å². The van der Waals surface area contributed by atoms with E-state index in [-0.39, 0.29) is 0 Å². The van der Waals surface area contributed by atoms with Crippen molar-refractivity contribution in [3.05, 3.63) is 71.6 Å². The number of hydrogen-bond donors (Lipinski definition) is 1. The molecule has 6 heteroatoms. The summed E-state index contributed by atoms with van der Waals surface area (Å²) in [5.74, 6) is -1.71. The van der Waals surface area contributed by atoms with Crippen molar-refractivity contribution < 1.29 is 18.7 Å². The Hall–Kier alpha value is -3.46. The predicted molar refractivity (Wildman–Crippen MR) is 86.2 cm³/mol. The SMILES string of the molecule is N#Cc1ccccc1NC(=O)COC(=O)C=Cc1cccc(F)c1. The molecular weight excluding hydrogens is 311 g/mol. The van der Waals surface area contributed by atoms with Crippen molar-refractivity contribution in [2.24, 2.45) is 0 Å². The number of carbonyl (C=O) groups excluding carboxylic acids is 2. The smallest absolute Gasteiger partial charge is 0.331 e. The van der Waals surface area contributed by atoms with E-state index in [2.05, 4.69) is 5.32 Å². The summed E-state index contributed by atoms with van der Waals surface area (Å²) < 4.78 is 17.8. The van der Waals surface area contributed by atoms with Crippen LogP contribution in [-0.2, 0) is 14.3 Å². The van der Waals surface area contributed by atoms with E-state index >= 15 is 0 Å². The van der Waals surface area contributed by atoms with Gasteiger partial charge in [0.1, 0.15) is 11.9 Å². The largest absolute Gasteiger partial charge is 0.452 e. The topological polar surface area (TPSA) is 79.2 Å². The number of benzene rings is 2. The van der Waals surface area contributed by atoms with Gasteiger partial charge in [0, 0.05) is 6.08 Å². The Balaban J connectivity index is 1.85. The third-order valence-corrected chi connectivity index (χ3v) is 2.93. The molecule has 24 heavy (non-hydrogen) atoms. The van der Waals surface area contributed by atoms with Crippen LogP contribution in [0.25, 0.3) is 6.08 Å². The van der Waals surface area contributed by atoms with Gasteiger partial charge in [-0.15, -0.1) is 0 Å². The second kappa shape index (κ2) is 8.25. The van der Waals surface area contributed by atoms with Crippen molar-refractivity contribution in [2.75, 3.05) is 11.9 Å². The fourth-order valence-corrected chi connectivity index (χ4v) is 1.84. The maximum atomic E-state index is 13.0. The summed E-state index contributed by atoms with van der Waals surface area (Å²) in [6.45, 7) is -0.494. The first-order chi connectivity index (χ1) is 11.6. The van der Waals surface area contributed by atoms with E-state index in [1.165, 1.54) is 24.3 Å². The summed E-state index contributed by atoms with van der Waals surface area (Å²) in [6, 6.07) is 14.1. The van der Waals surface area contributed by atoms with Crippen LogP contribution in [0.15, 0.2) is 54.6 Å². The molecule has 1 N–H and O–H groups in total. The first-order valence-corrected chi connectivity index (χ1v) is 6.98. The Labute approximate surface area is 138 Å². The van der Waals surface area contributed by atoms with Gasteiger partial charge in [-0.1, -0.05) is 24.3 Å². The molecule has 0 fully saturated rings. The van der Waals surface area contributed by atoms with E-state index < -0.39 is 24.3 Å². The second-order valence-electron chi connectivity index (χ2n) is 4.70. The fourth-order valence-electron chi connectivity index (χ4n) is 1.84. The first kappa shape index (κ1) is 16.9. The summed E-state index contributed by atoms with van der Waals surface area (Å²) in [4.78, 5) is 23.3. The van der Waals surface area contributed by atoms with Gasteiger partial charge in [-0.25, -0.2) is 9.18 Å². The summed E-state index contributed by atoms with van der Waals surface area (Å²) in [5.41, 5.74) is 1.15. The van der Waals surface area contributed by atoms with Crippen molar-refractivity contribution in [2.45, 2.75) is 0 Å². The zero-order valence-corrected chi connectivity index (χ0v) is 12.5. The van der Waals surface area contributed by atoms with E-state index in [1.807, 2.05) is 6.07 Å². The van der Waals surface area contributed by atoms with Crippen molar-refractivity contribution in [3.63, 3.8) is 0 Å². The Morgan fingerprint density at radius 3 is 2.75 bits per heavy atom. The predicted octanol–water partition coefficient (Wildman–Crippen LogP) is 2.89. The first-order valence-electron chi connectivity index (χ1n) is 6.98. The second-order valence-corrected chi connectivity index (χ2v) is 4.70. The number of hydrogen-bond acceptors (Lipinski definition) is 4. The van der Waals surface area contributed by atoms with E-state index in [1.54, 1.807) is 30.3 Å². The number of rotatable bonds is 5. The monoisotopic (exact) mass is 324 g/mol. The van der Waals surface area contributed by atoms with Crippen LogP contribution in [0.2, 0.25) is 0 Å². The molecule has 0 heterocycles. The molecule has 2 aromatic carbocycles. The van der Waals surface area contributed by atoms with E-state index in [0.29, 0.717) is 16.8 Å². The Kier molecular flexibility index (Phi) is 5.81. The third-order valence-electron chi connectivity index (χ3n) is 2.93. The minimum absolute atomic E-state index is 0.308. The molecule has 0 aliphatic heterocycles. The Morgan fingerprint density at radius 1 is 1.21 bits per heavy atom. The molecule has 0 aromatic heterocycles. The third kappa shape index (κ3) is 5.07. The van der Waals surface area contributed by atoms with Gasteiger partial charge in [0.2, 0.25) is 0 Å². The maximum Gasteiger partial charge on any atom is 0.331 e. The fraction of sp³-hybridized carbons (Fsp3) is 0.0556.